The Hall–Kier alpha value is -2.35. The van der Waals surface area contributed by atoms with Crippen molar-refractivity contribution in [2.24, 2.45) is 0 Å². The Balaban J connectivity index is 1.80. The molecule has 0 saturated heterocycles. The van der Waals surface area contributed by atoms with Crippen LogP contribution in [0.15, 0.2) is 28.7 Å². The van der Waals surface area contributed by atoms with Crippen LogP contribution in [0.3, 0.4) is 0 Å². The Morgan fingerprint density at radius 2 is 2.09 bits per heavy atom. The van der Waals surface area contributed by atoms with Crippen LogP contribution in [-0.4, -0.2) is 28.6 Å². The van der Waals surface area contributed by atoms with Gasteiger partial charge in [0.1, 0.15) is 5.75 Å². The fourth-order valence-corrected chi connectivity index (χ4v) is 2.33. The van der Waals surface area contributed by atoms with E-state index in [1.165, 1.54) is 0 Å². The fourth-order valence-electron chi connectivity index (χ4n) is 1.79. The van der Waals surface area contributed by atoms with Crippen molar-refractivity contribution in [2.75, 3.05) is 6.61 Å². The highest BCUT2D eigenvalue weighted by Crippen LogP contribution is 2.26. The lowest BCUT2D eigenvalue weighted by atomic mass is 10.2. The van der Waals surface area contributed by atoms with E-state index in [0.717, 1.165) is 22.2 Å². The highest BCUT2D eigenvalue weighted by molar-refractivity contribution is 9.10. The second-order valence-electron chi connectivity index (χ2n) is 4.85. The first kappa shape index (κ1) is 17.0. The van der Waals surface area contributed by atoms with E-state index < -0.39 is 11.8 Å². The maximum Gasteiger partial charge on any atom is 0.290 e. The predicted molar refractivity (Wildman–Crippen MR) is 87.9 cm³/mol. The van der Waals surface area contributed by atoms with Gasteiger partial charge in [-0.1, -0.05) is 13.0 Å². The number of hydrogen-bond acceptors (Lipinski definition) is 4. The number of aryl methyl sites for hydroxylation is 2. The number of nitrogens with one attached hydrogen (secondary N) is 3. The van der Waals surface area contributed by atoms with Crippen LogP contribution < -0.4 is 15.6 Å². The molecule has 2 rings (SSSR count). The van der Waals surface area contributed by atoms with Gasteiger partial charge in [0.25, 0.3) is 11.8 Å². The monoisotopic (exact) mass is 380 g/mol. The first-order valence-corrected chi connectivity index (χ1v) is 7.81. The molecule has 0 fully saturated rings. The van der Waals surface area contributed by atoms with Gasteiger partial charge in [0, 0.05) is 5.69 Å². The third kappa shape index (κ3) is 4.82. The molecule has 0 aliphatic carbocycles. The second-order valence-corrected chi connectivity index (χ2v) is 5.70. The molecule has 23 heavy (non-hydrogen) atoms. The van der Waals surface area contributed by atoms with Gasteiger partial charge in [0.2, 0.25) is 0 Å². The van der Waals surface area contributed by atoms with Crippen LogP contribution in [0.2, 0.25) is 0 Å². The number of aromatic nitrogens is 2. The number of hydrogen-bond donors (Lipinski definition) is 3. The van der Waals surface area contributed by atoms with E-state index in [1.807, 2.05) is 12.1 Å². The maximum absolute atomic E-state index is 11.7. The van der Waals surface area contributed by atoms with Crippen LogP contribution in [0.25, 0.3) is 0 Å². The third-order valence-corrected chi connectivity index (χ3v) is 3.64. The van der Waals surface area contributed by atoms with Gasteiger partial charge in [-0.15, -0.1) is 0 Å². The van der Waals surface area contributed by atoms with Gasteiger partial charge in [-0.2, -0.15) is 5.10 Å². The molecule has 122 valence electrons. The van der Waals surface area contributed by atoms with Crippen molar-refractivity contribution in [1.82, 2.24) is 21.0 Å². The number of hydrazine groups is 1. The standard InChI is InChI=1S/C15H17BrN4O3/c1-3-10-4-5-13(11(16)7-10)23-8-14(21)19-20-15(22)12-6-9(2)17-18-12/h4-7H,3,8H2,1-2H3,(H,17,18)(H,19,21)(H,20,22). The predicted octanol–water partition coefficient (Wildman–Crippen LogP) is 1.88. The Kier molecular flexibility index (Phi) is 5.75. The third-order valence-electron chi connectivity index (χ3n) is 3.02. The van der Waals surface area contributed by atoms with Crippen molar-refractivity contribution < 1.29 is 14.3 Å². The number of nitrogens with zero attached hydrogens (tertiary/aromatic N) is 1. The Labute approximate surface area is 141 Å². The number of carbonyl (C=O) groups is 2. The van der Waals surface area contributed by atoms with E-state index in [4.69, 9.17) is 4.74 Å². The number of aromatic amines is 1. The molecule has 1 aromatic carbocycles. The summed E-state index contributed by atoms with van der Waals surface area (Å²) >= 11 is 3.39. The summed E-state index contributed by atoms with van der Waals surface area (Å²) in [7, 11) is 0. The summed E-state index contributed by atoms with van der Waals surface area (Å²) in [6, 6.07) is 7.24. The van der Waals surface area contributed by atoms with Gasteiger partial charge in [0.15, 0.2) is 12.3 Å². The minimum Gasteiger partial charge on any atom is -0.483 e. The minimum atomic E-state index is -0.504. The van der Waals surface area contributed by atoms with Crippen molar-refractivity contribution >= 4 is 27.7 Å². The molecule has 0 radical (unpaired) electrons. The van der Waals surface area contributed by atoms with Crippen LogP contribution in [0.1, 0.15) is 28.7 Å². The summed E-state index contributed by atoms with van der Waals surface area (Å²) in [5.41, 5.74) is 6.65. The molecular formula is C15H17BrN4O3. The molecule has 0 spiro atoms. The van der Waals surface area contributed by atoms with Gasteiger partial charge >= 0.3 is 0 Å². The van der Waals surface area contributed by atoms with Crippen LogP contribution in [0.5, 0.6) is 5.75 Å². The first-order chi connectivity index (χ1) is 11.0. The molecule has 2 aromatic rings. The van der Waals surface area contributed by atoms with Crippen LogP contribution in [0.4, 0.5) is 0 Å². The van der Waals surface area contributed by atoms with E-state index in [1.54, 1.807) is 19.1 Å². The van der Waals surface area contributed by atoms with Crippen molar-refractivity contribution in [3.8, 4) is 5.75 Å². The van der Waals surface area contributed by atoms with Gasteiger partial charge in [-0.3, -0.25) is 25.5 Å². The molecule has 2 amide bonds. The number of amides is 2. The topological polar surface area (TPSA) is 96.1 Å². The zero-order valence-electron chi connectivity index (χ0n) is 12.8. The second kappa shape index (κ2) is 7.77. The largest absolute Gasteiger partial charge is 0.483 e. The highest BCUT2D eigenvalue weighted by atomic mass is 79.9. The van der Waals surface area contributed by atoms with Crippen molar-refractivity contribution in [1.29, 1.82) is 0 Å². The molecule has 0 saturated carbocycles. The lowest BCUT2D eigenvalue weighted by molar-refractivity contribution is -0.123. The average Bonchev–Trinajstić information content (AvgIpc) is 2.97. The maximum atomic E-state index is 11.7. The van der Waals surface area contributed by atoms with E-state index in [0.29, 0.717) is 5.75 Å². The van der Waals surface area contributed by atoms with Gasteiger partial charge in [0.05, 0.1) is 4.47 Å². The SMILES string of the molecule is CCc1ccc(OCC(=O)NNC(=O)c2cc(C)[nH]n2)c(Br)c1. The Bertz CT molecular complexity index is 714. The molecule has 1 heterocycles. The van der Waals surface area contributed by atoms with Crippen molar-refractivity contribution in [3.63, 3.8) is 0 Å². The minimum absolute atomic E-state index is 0.196. The lowest BCUT2D eigenvalue weighted by Gasteiger charge is -2.10. The number of halogens is 1. The molecule has 0 aliphatic heterocycles. The van der Waals surface area contributed by atoms with Crippen LogP contribution >= 0.6 is 15.9 Å². The van der Waals surface area contributed by atoms with E-state index in [2.05, 4.69) is 43.9 Å². The summed E-state index contributed by atoms with van der Waals surface area (Å²) in [5.74, 6) is -0.417. The normalized spacial score (nSPS) is 10.2. The highest BCUT2D eigenvalue weighted by Gasteiger charge is 2.11. The molecule has 0 unspecified atom stereocenters. The number of ether oxygens (including phenoxy) is 1. The molecule has 8 heteroatoms. The number of carbonyl (C=O) groups excluding carboxylic acids is 2. The van der Waals surface area contributed by atoms with E-state index in [9.17, 15) is 9.59 Å². The molecule has 0 aliphatic rings. The summed E-state index contributed by atoms with van der Waals surface area (Å²) in [4.78, 5) is 23.4. The average molecular weight is 381 g/mol. The first-order valence-electron chi connectivity index (χ1n) is 7.02. The number of rotatable bonds is 5. The molecule has 7 nitrogen and oxygen atoms in total. The number of benzene rings is 1. The molecule has 3 N–H and O–H groups in total. The summed E-state index contributed by atoms with van der Waals surface area (Å²) in [6.07, 6.45) is 0.915. The molecule has 0 atom stereocenters. The summed E-state index contributed by atoms with van der Waals surface area (Å²) in [6.45, 7) is 3.61. The van der Waals surface area contributed by atoms with Crippen molar-refractivity contribution in [3.05, 3.63) is 45.7 Å². The Morgan fingerprint density at radius 1 is 1.30 bits per heavy atom. The van der Waals surface area contributed by atoms with Gasteiger partial charge < -0.3 is 4.74 Å². The molecule has 1 aromatic heterocycles. The molecule has 0 bridgehead atoms. The van der Waals surface area contributed by atoms with Gasteiger partial charge in [-0.05, 0) is 53.0 Å². The van der Waals surface area contributed by atoms with Crippen LogP contribution in [0, 0.1) is 6.92 Å². The smallest absolute Gasteiger partial charge is 0.290 e. The van der Waals surface area contributed by atoms with Crippen LogP contribution in [-0.2, 0) is 11.2 Å². The van der Waals surface area contributed by atoms with Crippen molar-refractivity contribution in [2.45, 2.75) is 20.3 Å². The zero-order chi connectivity index (χ0) is 16.8. The number of H-pyrrole nitrogens is 1. The lowest BCUT2D eigenvalue weighted by Crippen LogP contribution is -2.44. The zero-order valence-corrected chi connectivity index (χ0v) is 14.4. The summed E-state index contributed by atoms with van der Waals surface area (Å²) < 4.78 is 6.19. The quantitative estimate of drug-likeness (QED) is 0.690. The summed E-state index contributed by atoms with van der Waals surface area (Å²) in [5, 5.41) is 6.44. The Morgan fingerprint density at radius 3 is 2.70 bits per heavy atom. The van der Waals surface area contributed by atoms with Gasteiger partial charge in [-0.25, -0.2) is 0 Å². The van der Waals surface area contributed by atoms with E-state index >= 15 is 0 Å². The van der Waals surface area contributed by atoms with E-state index in [-0.39, 0.29) is 12.3 Å². The molecular weight excluding hydrogens is 364 g/mol. The fraction of sp³-hybridized carbons (Fsp3) is 0.267.